The fraction of sp³-hybridized carbons (Fsp3) is 0.548. The molecule has 0 bridgehead atoms. The van der Waals surface area contributed by atoms with E-state index in [1.165, 1.54) is 36.9 Å². The maximum absolute atomic E-state index is 14.7. The molecule has 9 heteroatoms. The van der Waals surface area contributed by atoms with Crippen LogP contribution in [0.4, 0.5) is 13.2 Å². The van der Waals surface area contributed by atoms with Gasteiger partial charge in [-0.3, -0.25) is 4.79 Å². The molecule has 0 aromatic heterocycles. The first kappa shape index (κ1) is 31.6. The predicted octanol–water partition coefficient (Wildman–Crippen LogP) is 6.61. The fourth-order valence-corrected chi connectivity index (χ4v) is 5.48. The number of rotatable bonds is 6. The zero-order chi connectivity index (χ0) is 29.5. The van der Waals surface area contributed by atoms with Gasteiger partial charge in [-0.15, -0.1) is 0 Å². The van der Waals surface area contributed by atoms with Crippen molar-refractivity contribution in [1.29, 1.82) is 0 Å². The van der Waals surface area contributed by atoms with E-state index in [1.807, 2.05) is 26.0 Å². The summed E-state index contributed by atoms with van der Waals surface area (Å²) < 4.78 is 65.7. The summed E-state index contributed by atoms with van der Waals surface area (Å²) in [6.45, 7) is 5.80. The molecule has 1 aliphatic carbocycles. The summed E-state index contributed by atoms with van der Waals surface area (Å²) in [4.78, 5) is 26.6. The van der Waals surface area contributed by atoms with Gasteiger partial charge in [0.1, 0.15) is 12.2 Å². The van der Waals surface area contributed by atoms with Gasteiger partial charge in [-0.2, -0.15) is 13.2 Å². The van der Waals surface area contributed by atoms with Gasteiger partial charge in [0.2, 0.25) is 0 Å². The minimum absolute atomic E-state index is 0.0288. The lowest BCUT2D eigenvalue weighted by molar-refractivity contribution is -0.279. The molecule has 1 aromatic carbocycles. The number of allylic oxidation sites excluding steroid dienone is 4. The second kappa shape index (κ2) is 13.6. The Balaban J connectivity index is 2.12. The van der Waals surface area contributed by atoms with Crippen LogP contribution in [0.5, 0.6) is 0 Å². The largest absolute Gasteiger partial charge is 0.459 e. The van der Waals surface area contributed by atoms with Gasteiger partial charge >= 0.3 is 18.1 Å². The Hall–Kier alpha value is -2.91. The van der Waals surface area contributed by atoms with E-state index in [0.717, 1.165) is 43.9 Å². The van der Waals surface area contributed by atoms with Crippen molar-refractivity contribution >= 4 is 11.9 Å². The van der Waals surface area contributed by atoms with Crippen molar-refractivity contribution in [2.24, 2.45) is 11.8 Å². The SMILES string of the molecule is COC[C@H]1C(=O)O[C@H]2/C=C(\C)CC/C=C(\C)CC/C=C(\C)C[C@H](OC(=O)[C@@](OC)(c3ccccc3)C(F)(F)F)[C@H]21. The number of hydrogen-bond acceptors (Lipinski definition) is 6. The Kier molecular flexibility index (Phi) is 10.8. The minimum atomic E-state index is -5.12. The smallest absolute Gasteiger partial charge is 0.432 e. The Morgan fingerprint density at radius 1 is 0.975 bits per heavy atom. The molecule has 6 nitrogen and oxygen atoms in total. The number of esters is 2. The normalized spacial score (nSPS) is 30.2. The number of fused-ring (bicyclic) bond motifs is 1. The number of alkyl halides is 3. The van der Waals surface area contributed by atoms with Crippen LogP contribution in [0.15, 0.2) is 65.3 Å². The molecule has 1 saturated heterocycles. The Morgan fingerprint density at radius 3 is 2.20 bits per heavy atom. The van der Waals surface area contributed by atoms with Crippen molar-refractivity contribution in [3.05, 3.63) is 70.8 Å². The van der Waals surface area contributed by atoms with Crippen molar-refractivity contribution < 1.29 is 41.7 Å². The third-order valence-corrected chi connectivity index (χ3v) is 7.64. The molecule has 1 aromatic rings. The molecule has 0 N–H and O–H groups in total. The van der Waals surface area contributed by atoms with Gasteiger partial charge in [0.25, 0.3) is 5.60 Å². The number of benzene rings is 1. The molecule has 3 rings (SSSR count). The lowest BCUT2D eigenvalue weighted by atomic mass is 9.82. The summed E-state index contributed by atoms with van der Waals surface area (Å²) in [6.07, 6.45) is 2.16. The number of ether oxygens (including phenoxy) is 4. The van der Waals surface area contributed by atoms with Crippen molar-refractivity contribution in [2.45, 2.75) is 76.9 Å². The second-order valence-electron chi connectivity index (χ2n) is 10.6. The summed E-state index contributed by atoms with van der Waals surface area (Å²) in [5.41, 5.74) is -0.725. The first-order valence-corrected chi connectivity index (χ1v) is 13.5. The average molecular weight is 565 g/mol. The Labute approximate surface area is 234 Å². The van der Waals surface area contributed by atoms with Crippen LogP contribution in [0.2, 0.25) is 0 Å². The third-order valence-electron chi connectivity index (χ3n) is 7.64. The first-order valence-electron chi connectivity index (χ1n) is 13.5. The van der Waals surface area contributed by atoms with Crippen LogP contribution in [0, 0.1) is 11.8 Å². The topological polar surface area (TPSA) is 71.1 Å². The van der Waals surface area contributed by atoms with E-state index < -0.39 is 53.3 Å². The van der Waals surface area contributed by atoms with E-state index >= 15 is 0 Å². The summed E-state index contributed by atoms with van der Waals surface area (Å²) in [6, 6.07) is 6.70. The molecule has 0 saturated carbocycles. The number of carbonyl (C=O) groups excluding carboxylic acids is 2. The maximum atomic E-state index is 14.7. The van der Waals surface area contributed by atoms with Crippen molar-refractivity contribution in [2.75, 3.05) is 20.8 Å². The molecule has 2 aliphatic rings. The predicted molar refractivity (Wildman–Crippen MR) is 144 cm³/mol. The van der Waals surface area contributed by atoms with E-state index in [4.69, 9.17) is 18.9 Å². The van der Waals surface area contributed by atoms with Gasteiger partial charge in [-0.1, -0.05) is 59.2 Å². The highest BCUT2D eigenvalue weighted by Gasteiger charge is 2.65. The van der Waals surface area contributed by atoms with Crippen LogP contribution in [-0.4, -0.2) is 51.1 Å². The molecule has 1 heterocycles. The molecule has 0 spiro atoms. The zero-order valence-electron chi connectivity index (χ0n) is 23.8. The van der Waals surface area contributed by atoms with Crippen LogP contribution in [0.1, 0.15) is 58.4 Å². The molecule has 0 radical (unpaired) electrons. The van der Waals surface area contributed by atoms with Crippen LogP contribution < -0.4 is 0 Å². The van der Waals surface area contributed by atoms with E-state index in [0.29, 0.717) is 0 Å². The van der Waals surface area contributed by atoms with Gasteiger partial charge in [0.05, 0.1) is 18.4 Å². The van der Waals surface area contributed by atoms with Crippen molar-refractivity contribution in [3.8, 4) is 0 Å². The highest BCUT2D eigenvalue weighted by atomic mass is 19.4. The number of carbonyl (C=O) groups is 2. The molecule has 220 valence electrons. The maximum Gasteiger partial charge on any atom is 0.432 e. The number of halogens is 3. The lowest BCUT2D eigenvalue weighted by Gasteiger charge is -2.36. The average Bonchev–Trinajstić information content (AvgIpc) is 3.18. The van der Waals surface area contributed by atoms with Gasteiger partial charge in [0, 0.05) is 26.2 Å². The Morgan fingerprint density at radius 2 is 1.60 bits per heavy atom. The lowest BCUT2D eigenvalue weighted by Crippen LogP contribution is -2.53. The van der Waals surface area contributed by atoms with Crippen LogP contribution in [0.3, 0.4) is 0 Å². The fourth-order valence-electron chi connectivity index (χ4n) is 5.48. The molecule has 1 aliphatic heterocycles. The van der Waals surface area contributed by atoms with E-state index in [-0.39, 0.29) is 13.0 Å². The highest BCUT2D eigenvalue weighted by Crippen LogP contribution is 2.45. The quantitative estimate of drug-likeness (QED) is 0.286. The van der Waals surface area contributed by atoms with Crippen molar-refractivity contribution in [1.82, 2.24) is 0 Å². The van der Waals surface area contributed by atoms with Gasteiger partial charge in [-0.05, 0) is 52.5 Å². The minimum Gasteiger partial charge on any atom is -0.459 e. The standard InChI is InChI=1S/C31H39F3O6/c1-20-11-9-13-21(2)17-25-27(24(19-37-4)28(35)39-25)26(18-22(3)14-10-12-20)40-29(36)30(38-5,31(32,33)34)23-15-7-6-8-16-23/h6-8,11,14-17,24-27H,9-10,12-13,18-19H2,1-5H3/b20-11+,21-17+,22-14+/t24-,25+,26+,27+,30+/m1/s1. The monoisotopic (exact) mass is 564 g/mol. The van der Waals surface area contributed by atoms with E-state index in [2.05, 4.69) is 13.0 Å². The second-order valence-corrected chi connectivity index (χ2v) is 10.6. The van der Waals surface area contributed by atoms with Crippen molar-refractivity contribution in [3.63, 3.8) is 0 Å². The van der Waals surface area contributed by atoms with Crippen LogP contribution in [-0.2, 0) is 34.1 Å². The van der Waals surface area contributed by atoms with E-state index in [1.54, 1.807) is 6.07 Å². The molecule has 5 atom stereocenters. The Bertz CT molecular complexity index is 1120. The van der Waals surface area contributed by atoms with Gasteiger partial charge in [0.15, 0.2) is 0 Å². The van der Waals surface area contributed by atoms with Crippen LogP contribution >= 0.6 is 0 Å². The zero-order valence-corrected chi connectivity index (χ0v) is 23.8. The van der Waals surface area contributed by atoms with Gasteiger partial charge < -0.3 is 18.9 Å². The highest BCUT2D eigenvalue weighted by molar-refractivity contribution is 5.83. The molecule has 40 heavy (non-hydrogen) atoms. The molecular weight excluding hydrogens is 525 g/mol. The summed E-state index contributed by atoms with van der Waals surface area (Å²) in [5.74, 6) is -3.74. The summed E-state index contributed by atoms with van der Waals surface area (Å²) in [7, 11) is 2.27. The molecule has 1 fully saturated rings. The molecule has 0 amide bonds. The summed E-state index contributed by atoms with van der Waals surface area (Å²) >= 11 is 0. The molecular formula is C31H39F3O6. The third kappa shape index (κ3) is 7.04. The summed E-state index contributed by atoms with van der Waals surface area (Å²) in [5, 5.41) is 0. The van der Waals surface area contributed by atoms with Crippen LogP contribution in [0.25, 0.3) is 0 Å². The first-order chi connectivity index (χ1) is 18.9. The molecule has 0 unspecified atom stereocenters. The van der Waals surface area contributed by atoms with Gasteiger partial charge in [-0.25, -0.2) is 4.79 Å². The number of hydrogen-bond donors (Lipinski definition) is 0. The number of methoxy groups -OCH3 is 2. The van der Waals surface area contributed by atoms with E-state index in [9.17, 15) is 22.8 Å².